The van der Waals surface area contributed by atoms with Crippen molar-refractivity contribution in [3.63, 3.8) is 0 Å². The Labute approximate surface area is 209 Å². The zero-order valence-electron chi connectivity index (χ0n) is 22.3. The van der Waals surface area contributed by atoms with Crippen molar-refractivity contribution in [2.24, 2.45) is 0 Å². The number of benzene rings is 2. The normalized spacial score (nSPS) is 11.6. The molecule has 0 aliphatic rings. The third-order valence-corrected chi connectivity index (χ3v) is 16.4. The first kappa shape index (κ1) is 28.1. The number of hydrogen-bond donors (Lipinski definition) is 0. The van der Waals surface area contributed by atoms with Gasteiger partial charge in [0.15, 0.2) is 0 Å². The van der Waals surface area contributed by atoms with Crippen LogP contribution in [-0.2, 0) is 25.7 Å². The molecule has 2 aromatic carbocycles. The van der Waals surface area contributed by atoms with E-state index >= 15 is 0 Å². The minimum absolute atomic E-state index is 1.05. The van der Waals surface area contributed by atoms with E-state index in [0.29, 0.717) is 0 Å². The molecule has 33 heavy (non-hydrogen) atoms. The molecule has 0 N–H and O–H groups in total. The summed E-state index contributed by atoms with van der Waals surface area (Å²) in [4.78, 5) is 0. The summed E-state index contributed by atoms with van der Waals surface area (Å²) in [6, 6.07) is 13.3. The van der Waals surface area contributed by atoms with Crippen LogP contribution in [0.25, 0.3) is 0 Å². The first-order chi connectivity index (χ1) is 16.1. The second-order valence-corrected chi connectivity index (χ2v) is 18.5. The summed E-state index contributed by atoms with van der Waals surface area (Å²) in [7, 11) is 0. The van der Waals surface area contributed by atoms with Crippen LogP contribution >= 0.6 is 0 Å². The van der Waals surface area contributed by atoms with Crippen LogP contribution in [0.15, 0.2) is 36.4 Å². The number of rotatable bonds is 16. The second-order valence-electron chi connectivity index (χ2n) is 9.32. The molecule has 0 fully saturated rings. The zero-order valence-corrected chi connectivity index (χ0v) is 25.1. The van der Waals surface area contributed by atoms with Crippen molar-refractivity contribution in [2.75, 3.05) is 0 Å². The Bertz CT molecular complexity index is 761. The molecule has 0 heterocycles. The van der Waals surface area contributed by atoms with Crippen LogP contribution < -0.4 is 6.15 Å². The van der Waals surface area contributed by atoms with Crippen LogP contribution in [0.4, 0.5) is 0 Å². The van der Waals surface area contributed by atoms with Gasteiger partial charge < -0.3 is 0 Å². The van der Waals surface area contributed by atoms with Gasteiger partial charge in [0, 0.05) is 0 Å². The molecule has 2 nitrogen and oxygen atoms in total. The van der Waals surface area contributed by atoms with Crippen molar-refractivity contribution < 1.29 is 6.15 Å². The molecule has 0 atom stereocenters. The summed E-state index contributed by atoms with van der Waals surface area (Å²) in [5, 5.41) is 0. The number of unbranched alkanes of at least 4 members (excludes halogenated alkanes) is 2. The molecule has 0 unspecified atom stereocenters. The van der Waals surface area contributed by atoms with Gasteiger partial charge in [0.25, 0.3) is 0 Å². The topological polar surface area (TPSA) is 18.5 Å². The predicted molar refractivity (Wildman–Crippen MR) is 146 cm³/mol. The molecular formula is C30H48O2Sn. The Balaban J connectivity index is 2.56. The van der Waals surface area contributed by atoms with Gasteiger partial charge in [-0.05, 0) is 0 Å². The molecule has 0 spiro atoms. The van der Waals surface area contributed by atoms with Crippen LogP contribution in [-0.4, -0.2) is 19.2 Å². The maximum atomic E-state index is 7.23. The average molecular weight is 559 g/mol. The van der Waals surface area contributed by atoms with Crippen LogP contribution in [0, 0.1) is 0 Å². The van der Waals surface area contributed by atoms with E-state index < -0.39 is 19.2 Å². The van der Waals surface area contributed by atoms with Gasteiger partial charge in [-0.25, -0.2) is 0 Å². The minimum atomic E-state index is -3.47. The molecule has 0 aromatic heterocycles. The van der Waals surface area contributed by atoms with E-state index in [0.717, 1.165) is 58.9 Å². The van der Waals surface area contributed by atoms with Crippen molar-refractivity contribution >= 4 is 19.2 Å². The van der Waals surface area contributed by atoms with Crippen molar-refractivity contribution in [1.29, 1.82) is 0 Å². The molecule has 0 bridgehead atoms. The molecule has 0 saturated carbocycles. The van der Waals surface area contributed by atoms with E-state index in [9.17, 15) is 0 Å². The van der Waals surface area contributed by atoms with Gasteiger partial charge in [-0.1, -0.05) is 0 Å². The summed E-state index contributed by atoms with van der Waals surface area (Å²) < 4.78 is 16.7. The number of hydrogen-bond acceptors (Lipinski definition) is 2. The fourth-order valence-corrected chi connectivity index (χ4v) is 15.3. The molecule has 184 valence electrons. The fourth-order valence-electron chi connectivity index (χ4n) is 4.79. The Morgan fingerprint density at radius 3 is 1.33 bits per heavy atom. The average Bonchev–Trinajstić information content (AvgIpc) is 2.83. The molecule has 2 rings (SSSR count). The molecule has 0 radical (unpaired) electrons. The third kappa shape index (κ3) is 7.94. The van der Waals surface area contributed by atoms with E-state index in [-0.39, 0.29) is 0 Å². The van der Waals surface area contributed by atoms with Gasteiger partial charge in [-0.3, -0.25) is 0 Å². The molecule has 0 aliphatic heterocycles. The summed E-state index contributed by atoms with van der Waals surface area (Å²) >= 11 is -3.47. The molecular weight excluding hydrogens is 511 g/mol. The monoisotopic (exact) mass is 560 g/mol. The molecule has 3 heteroatoms. The Hall–Kier alpha value is -1.16. The van der Waals surface area contributed by atoms with E-state index in [1.807, 2.05) is 0 Å². The van der Waals surface area contributed by atoms with Crippen molar-refractivity contribution in [3.8, 4) is 11.5 Å². The fraction of sp³-hybridized carbons (Fsp3) is 0.600. The van der Waals surface area contributed by atoms with Gasteiger partial charge in [-0.15, -0.1) is 0 Å². The summed E-state index contributed by atoms with van der Waals surface area (Å²) in [5.41, 5.74) is 5.69. The van der Waals surface area contributed by atoms with E-state index in [2.05, 4.69) is 77.9 Å². The zero-order chi connectivity index (χ0) is 24.1. The van der Waals surface area contributed by atoms with Gasteiger partial charge in [0.2, 0.25) is 0 Å². The van der Waals surface area contributed by atoms with Crippen LogP contribution in [0.2, 0.25) is 8.87 Å². The standard InChI is InChI=1S/2C11H16O.2C4H9.Sn/c2*1-3-6-10-9(4-2)7-5-8-11(10)12;2*1-3-4-2;/h2*5,7-8,12H,3-4,6H2,1-2H3;2*1,3-4H2,2H3;/q;;;;+2/p-2. The van der Waals surface area contributed by atoms with E-state index in [1.165, 1.54) is 47.9 Å². The van der Waals surface area contributed by atoms with Gasteiger partial charge in [0.1, 0.15) is 0 Å². The molecule has 0 amide bonds. The van der Waals surface area contributed by atoms with Crippen molar-refractivity contribution in [2.45, 2.75) is 115 Å². The molecule has 0 aliphatic carbocycles. The van der Waals surface area contributed by atoms with Gasteiger partial charge in [-0.2, -0.15) is 0 Å². The SMILES string of the molecule is CCC[CH2][Sn]([CH2]CCC)([O]c1cccc(CC)c1CCC)[O]c1cccc(CC)c1CCC. The number of aryl methyl sites for hydroxylation is 2. The maximum absolute atomic E-state index is 7.23. The third-order valence-electron chi connectivity index (χ3n) is 6.64. The van der Waals surface area contributed by atoms with Gasteiger partial charge in [0.05, 0.1) is 0 Å². The molecule has 2 aromatic rings. The Kier molecular flexibility index (Phi) is 12.7. The van der Waals surface area contributed by atoms with Crippen molar-refractivity contribution in [3.05, 3.63) is 58.7 Å². The quantitative estimate of drug-likeness (QED) is 0.191. The van der Waals surface area contributed by atoms with Crippen LogP contribution in [0.5, 0.6) is 11.5 Å². The van der Waals surface area contributed by atoms with Crippen molar-refractivity contribution in [1.82, 2.24) is 0 Å². The van der Waals surface area contributed by atoms with E-state index in [1.54, 1.807) is 0 Å². The summed E-state index contributed by atoms with van der Waals surface area (Å²) in [6.07, 6.45) is 11.3. The van der Waals surface area contributed by atoms with Crippen LogP contribution in [0.1, 0.15) is 102 Å². The Morgan fingerprint density at radius 2 is 1.00 bits per heavy atom. The first-order valence-corrected chi connectivity index (χ1v) is 20.0. The summed E-state index contributed by atoms with van der Waals surface area (Å²) in [6.45, 7) is 13.6. The predicted octanol–water partition coefficient (Wildman–Crippen LogP) is 9.22. The summed E-state index contributed by atoms with van der Waals surface area (Å²) in [5.74, 6) is 2.23. The Morgan fingerprint density at radius 1 is 0.576 bits per heavy atom. The molecule has 0 saturated heterocycles. The van der Waals surface area contributed by atoms with Gasteiger partial charge >= 0.3 is 210 Å². The van der Waals surface area contributed by atoms with Crippen LogP contribution in [0.3, 0.4) is 0 Å². The first-order valence-electron chi connectivity index (χ1n) is 13.7. The second kappa shape index (κ2) is 15.0. The van der Waals surface area contributed by atoms with E-state index in [4.69, 9.17) is 6.15 Å².